The van der Waals surface area contributed by atoms with Gasteiger partial charge in [-0.2, -0.15) is 0 Å². The lowest BCUT2D eigenvalue weighted by Crippen LogP contribution is -2.35. The second-order valence-electron chi connectivity index (χ2n) is 3.26. The lowest BCUT2D eigenvalue weighted by atomic mass is 9.72. The molecule has 3 unspecified atom stereocenters. The first-order chi connectivity index (χ1) is 5.61. The summed E-state index contributed by atoms with van der Waals surface area (Å²) in [5.41, 5.74) is 0. The molecule has 0 saturated heterocycles. The van der Waals surface area contributed by atoms with Crippen LogP contribution in [-0.2, 0) is 4.74 Å². The predicted molar refractivity (Wildman–Crippen MR) is 45.5 cm³/mol. The number of alkyl halides is 1. The molecule has 1 aliphatic rings. The van der Waals surface area contributed by atoms with Crippen LogP contribution in [0.4, 0.5) is 4.79 Å². The van der Waals surface area contributed by atoms with Gasteiger partial charge in [0.25, 0.3) is 0 Å². The fourth-order valence-corrected chi connectivity index (χ4v) is 1.92. The van der Waals surface area contributed by atoms with Crippen LogP contribution in [0.2, 0.25) is 0 Å². The van der Waals surface area contributed by atoms with Crippen LogP contribution < -0.4 is 0 Å². The molecule has 0 radical (unpaired) electrons. The van der Waals surface area contributed by atoms with Gasteiger partial charge in [-0.05, 0) is 31.6 Å². The molecule has 70 valence electrons. The molecule has 3 nitrogen and oxygen atoms in total. The first kappa shape index (κ1) is 9.65. The summed E-state index contributed by atoms with van der Waals surface area (Å²) in [6, 6.07) is 0. The van der Waals surface area contributed by atoms with Gasteiger partial charge in [-0.1, -0.05) is 0 Å². The van der Waals surface area contributed by atoms with Gasteiger partial charge in [-0.3, -0.25) is 0 Å². The van der Waals surface area contributed by atoms with Crippen LogP contribution in [0.15, 0.2) is 0 Å². The van der Waals surface area contributed by atoms with Crippen molar-refractivity contribution in [2.24, 2.45) is 11.8 Å². The van der Waals surface area contributed by atoms with Gasteiger partial charge in [-0.25, -0.2) is 4.79 Å². The molecule has 0 bridgehead atoms. The minimum atomic E-state index is -1.19. The molecule has 3 atom stereocenters. The molecule has 1 rings (SSSR count). The molecule has 0 spiro atoms. The van der Waals surface area contributed by atoms with E-state index >= 15 is 0 Å². The Kier molecular flexibility index (Phi) is 3.20. The molecule has 1 N–H and O–H groups in total. The van der Waals surface area contributed by atoms with Gasteiger partial charge in [0.2, 0.25) is 0 Å². The zero-order chi connectivity index (χ0) is 9.14. The van der Waals surface area contributed by atoms with Gasteiger partial charge >= 0.3 is 6.16 Å². The molecule has 0 heterocycles. The smallest absolute Gasteiger partial charge is 0.450 e. The van der Waals surface area contributed by atoms with E-state index in [1.54, 1.807) is 0 Å². The predicted octanol–water partition coefficient (Wildman–Crippen LogP) is 2.33. The number of carboxylic acid groups (broad SMARTS) is 1. The molecule has 0 aromatic rings. The summed E-state index contributed by atoms with van der Waals surface area (Å²) in [6.07, 6.45) is 0.940. The van der Waals surface area contributed by atoms with Crippen LogP contribution in [0.5, 0.6) is 0 Å². The zero-order valence-electron chi connectivity index (χ0n) is 7.00. The average molecular weight is 193 g/mol. The standard InChI is InChI=1S/C8H13ClO3/c1-5(9)7-3-2-6(7)4-12-8(10)11/h5-7H,2-4H2,1H3,(H,10,11). The number of hydrogen-bond donors (Lipinski definition) is 1. The molecule has 0 aromatic carbocycles. The molecular formula is C8H13ClO3. The summed E-state index contributed by atoms with van der Waals surface area (Å²) in [6.45, 7) is 2.25. The molecular weight excluding hydrogens is 180 g/mol. The SMILES string of the molecule is CC(Cl)C1CCC1COC(=O)O. The summed E-state index contributed by atoms with van der Waals surface area (Å²) in [4.78, 5) is 10.1. The Balaban J connectivity index is 2.21. The number of rotatable bonds is 3. The van der Waals surface area contributed by atoms with Crippen LogP contribution in [-0.4, -0.2) is 23.2 Å². The Morgan fingerprint density at radius 3 is 2.75 bits per heavy atom. The van der Waals surface area contributed by atoms with E-state index in [0.717, 1.165) is 12.8 Å². The summed E-state index contributed by atoms with van der Waals surface area (Å²) in [5.74, 6) is 0.777. The van der Waals surface area contributed by atoms with Crippen molar-refractivity contribution in [2.45, 2.75) is 25.1 Å². The summed E-state index contributed by atoms with van der Waals surface area (Å²) >= 11 is 5.89. The maximum absolute atomic E-state index is 10.1. The largest absolute Gasteiger partial charge is 0.505 e. The molecule has 1 saturated carbocycles. The van der Waals surface area contributed by atoms with E-state index in [0.29, 0.717) is 18.4 Å². The van der Waals surface area contributed by atoms with E-state index in [9.17, 15) is 4.79 Å². The van der Waals surface area contributed by atoms with Crippen molar-refractivity contribution in [1.82, 2.24) is 0 Å². The Hall–Kier alpha value is -0.440. The maximum Gasteiger partial charge on any atom is 0.505 e. The summed E-state index contributed by atoms with van der Waals surface area (Å²) < 4.78 is 4.48. The molecule has 1 aliphatic carbocycles. The number of hydrogen-bond acceptors (Lipinski definition) is 2. The van der Waals surface area contributed by atoms with E-state index in [2.05, 4.69) is 4.74 Å². The van der Waals surface area contributed by atoms with Crippen molar-refractivity contribution >= 4 is 17.8 Å². The lowest BCUT2D eigenvalue weighted by Gasteiger charge is -2.37. The quantitative estimate of drug-likeness (QED) is 0.552. The Morgan fingerprint density at radius 2 is 2.42 bits per heavy atom. The van der Waals surface area contributed by atoms with Crippen molar-refractivity contribution in [3.63, 3.8) is 0 Å². The van der Waals surface area contributed by atoms with Crippen LogP contribution >= 0.6 is 11.6 Å². The molecule has 0 amide bonds. The minimum absolute atomic E-state index is 0.126. The van der Waals surface area contributed by atoms with Crippen molar-refractivity contribution in [3.05, 3.63) is 0 Å². The van der Waals surface area contributed by atoms with Crippen LogP contribution in [0.3, 0.4) is 0 Å². The van der Waals surface area contributed by atoms with Gasteiger partial charge in [0.05, 0.1) is 6.61 Å². The zero-order valence-corrected chi connectivity index (χ0v) is 7.75. The Bertz CT molecular complexity index is 170. The van der Waals surface area contributed by atoms with Crippen molar-refractivity contribution in [1.29, 1.82) is 0 Å². The summed E-state index contributed by atoms with van der Waals surface area (Å²) in [5, 5.41) is 8.38. The average Bonchev–Trinajstić information content (AvgIpc) is 1.82. The molecule has 1 fully saturated rings. The Morgan fingerprint density at radius 1 is 1.75 bits per heavy atom. The van der Waals surface area contributed by atoms with Gasteiger partial charge in [0.15, 0.2) is 0 Å². The maximum atomic E-state index is 10.1. The number of carbonyl (C=O) groups is 1. The van der Waals surface area contributed by atoms with E-state index < -0.39 is 6.16 Å². The first-order valence-electron chi connectivity index (χ1n) is 4.11. The lowest BCUT2D eigenvalue weighted by molar-refractivity contribution is 0.0365. The van der Waals surface area contributed by atoms with Gasteiger partial charge in [0, 0.05) is 5.38 Å². The van der Waals surface area contributed by atoms with Crippen molar-refractivity contribution < 1.29 is 14.6 Å². The highest BCUT2D eigenvalue weighted by Crippen LogP contribution is 2.38. The van der Waals surface area contributed by atoms with Crippen LogP contribution in [0.25, 0.3) is 0 Å². The number of halogens is 1. The summed E-state index contributed by atoms with van der Waals surface area (Å²) in [7, 11) is 0. The monoisotopic (exact) mass is 192 g/mol. The fourth-order valence-electron chi connectivity index (χ4n) is 1.58. The number of ether oxygens (including phenoxy) is 1. The highest BCUT2D eigenvalue weighted by atomic mass is 35.5. The highest BCUT2D eigenvalue weighted by Gasteiger charge is 2.34. The van der Waals surface area contributed by atoms with Gasteiger partial charge in [0.1, 0.15) is 0 Å². The third-order valence-electron chi connectivity index (χ3n) is 2.49. The van der Waals surface area contributed by atoms with E-state index in [4.69, 9.17) is 16.7 Å². The van der Waals surface area contributed by atoms with Crippen molar-refractivity contribution in [2.75, 3.05) is 6.61 Å². The first-order valence-corrected chi connectivity index (χ1v) is 4.54. The third kappa shape index (κ3) is 2.27. The molecule has 12 heavy (non-hydrogen) atoms. The van der Waals surface area contributed by atoms with E-state index in [-0.39, 0.29) is 5.38 Å². The third-order valence-corrected chi connectivity index (χ3v) is 2.81. The van der Waals surface area contributed by atoms with E-state index in [1.165, 1.54) is 0 Å². The highest BCUT2D eigenvalue weighted by molar-refractivity contribution is 6.20. The van der Waals surface area contributed by atoms with Gasteiger partial charge in [-0.15, -0.1) is 11.6 Å². The van der Waals surface area contributed by atoms with Crippen molar-refractivity contribution in [3.8, 4) is 0 Å². The second-order valence-corrected chi connectivity index (χ2v) is 3.94. The fraction of sp³-hybridized carbons (Fsp3) is 0.875. The molecule has 0 aliphatic heterocycles. The molecule has 4 heteroatoms. The minimum Gasteiger partial charge on any atom is -0.450 e. The Labute approximate surface area is 76.7 Å². The normalized spacial score (nSPS) is 30.5. The van der Waals surface area contributed by atoms with E-state index in [1.807, 2.05) is 6.92 Å². The molecule has 0 aromatic heterocycles. The van der Waals surface area contributed by atoms with Crippen LogP contribution in [0.1, 0.15) is 19.8 Å². The van der Waals surface area contributed by atoms with Gasteiger partial charge < -0.3 is 9.84 Å². The van der Waals surface area contributed by atoms with Crippen LogP contribution in [0, 0.1) is 11.8 Å². The topological polar surface area (TPSA) is 46.5 Å². The second kappa shape index (κ2) is 3.99.